The minimum absolute atomic E-state index is 0.0459. The number of rotatable bonds is 3. The van der Waals surface area contributed by atoms with Crippen molar-refractivity contribution >= 4 is 40.3 Å². The highest BCUT2D eigenvalue weighted by Gasteiger charge is 2.24. The quantitative estimate of drug-likeness (QED) is 0.441. The van der Waals surface area contributed by atoms with Gasteiger partial charge in [-0.2, -0.15) is 0 Å². The molecule has 0 unspecified atom stereocenters. The number of nitro groups is 1. The molecular formula is C16H11N3O5S. The van der Waals surface area contributed by atoms with Crippen molar-refractivity contribution in [1.82, 2.24) is 5.32 Å². The van der Waals surface area contributed by atoms with Gasteiger partial charge in [-0.25, -0.2) is 4.99 Å². The number of non-ortho nitro benzene ring substituents is 1. The lowest BCUT2D eigenvalue weighted by Crippen LogP contribution is -2.19. The van der Waals surface area contributed by atoms with Crippen molar-refractivity contribution in [2.45, 2.75) is 0 Å². The van der Waals surface area contributed by atoms with Gasteiger partial charge in [0.2, 0.25) is 0 Å². The highest BCUT2D eigenvalue weighted by Crippen LogP contribution is 2.31. The molecule has 0 aliphatic carbocycles. The van der Waals surface area contributed by atoms with Crippen LogP contribution in [0.1, 0.15) is 5.56 Å². The first kappa shape index (κ1) is 16.5. The number of carbonyl (C=O) groups excluding carboxylic acids is 1. The second-order valence-electron chi connectivity index (χ2n) is 5.00. The zero-order chi connectivity index (χ0) is 18.0. The van der Waals surface area contributed by atoms with Gasteiger partial charge in [0.1, 0.15) is 11.5 Å². The Morgan fingerprint density at radius 3 is 2.52 bits per heavy atom. The Bertz CT molecular complexity index is 922. The average molecular weight is 357 g/mol. The van der Waals surface area contributed by atoms with Gasteiger partial charge >= 0.3 is 0 Å². The molecule has 3 N–H and O–H groups in total. The second-order valence-corrected chi connectivity index (χ2v) is 6.03. The van der Waals surface area contributed by atoms with Gasteiger partial charge in [-0.05, 0) is 42.1 Å². The topological polar surface area (TPSA) is 125 Å². The molecule has 0 saturated carbocycles. The number of amides is 1. The lowest BCUT2D eigenvalue weighted by Gasteiger charge is -2.00. The Morgan fingerprint density at radius 1 is 1.16 bits per heavy atom. The van der Waals surface area contributed by atoms with Gasteiger partial charge in [0, 0.05) is 23.8 Å². The number of benzene rings is 2. The van der Waals surface area contributed by atoms with Crippen LogP contribution < -0.4 is 5.32 Å². The number of aliphatic imine (C=N–C) groups is 1. The van der Waals surface area contributed by atoms with Crippen LogP contribution >= 0.6 is 11.8 Å². The van der Waals surface area contributed by atoms with Crippen molar-refractivity contribution in [1.29, 1.82) is 0 Å². The molecule has 2 aromatic rings. The Balaban J connectivity index is 1.82. The summed E-state index contributed by atoms with van der Waals surface area (Å²) < 4.78 is 0. The fourth-order valence-electron chi connectivity index (χ4n) is 2.04. The van der Waals surface area contributed by atoms with E-state index >= 15 is 0 Å². The molecule has 2 aromatic carbocycles. The third-order valence-electron chi connectivity index (χ3n) is 3.24. The Kier molecular flexibility index (Phi) is 4.40. The SMILES string of the molecule is O=C1NC(=Nc2ccc([N+](=O)[O-])cc2)S/C1=C\c1ccc(O)cc1O. The van der Waals surface area contributed by atoms with Crippen LogP contribution in [-0.4, -0.2) is 26.2 Å². The van der Waals surface area contributed by atoms with Gasteiger partial charge in [-0.15, -0.1) is 0 Å². The summed E-state index contributed by atoms with van der Waals surface area (Å²) in [5, 5.41) is 32.6. The van der Waals surface area contributed by atoms with E-state index in [1.165, 1.54) is 48.5 Å². The zero-order valence-corrected chi connectivity index (χ0v) is 13.4. The third-order valence-corrected chi connectivity index (χ3v) is 4.15. The number of nitrogens with zero attached hydrogens (tertiary/aromatic N) is 2. The summed E-state index contributed by atoms with van der Waals surface area (Å²) in [6.07, 6.45) is 1.48. The number of thioether (sulfide) groups is 1. The Labute approximate surface area is 145 Å². The van der Waals surface area contributed by atoms with Crippen molar-refractivity contribution in [3.05, 3.63) is 63.0 Å². The van der Waals surface area contributed by atoms with E-state index in [0.29, 0.717) is 21.3 Å². The number of aromatic hydroxyl groups is 2. The van der Waals surface area contributed by atoms with Crippen molar-refractivity contribution in [3.8, 4) is 11.5 Å². The number of nitro benzene ring substituents is 1. The fourth-order valence-corrected chi connectivity index (χ4v) is 2.87. The lowest BCUT2D eigenvalue weighted by molar-refractivity contribution is -0.384. The molecule has 1 heterocycles. The summed E-state index contributed by atoms with van der Waals surface area (Å²) in [7, 11) is 0. The first-order valence-corrected chi connectivity index (χ1v) is 7.80. The molecule has 0 bridgehead atoms. The predicted octanol–water partition coefficient (Wildman–Crippen LogP) is 2.90. The summed E-state index contributed by atoms with van der Waals surface area (Å²) in [6.45, 7) is 0. The van der Waals surface area contributed by atoms with E-state index in [1.807, 2.05) is 0 Å². The van der Waals surface area contributed by atoms with Gasteiger partial charge in [-0.1, -0.05) is 0 Å². The number of phenols is 2. The van der Waals surface area contributed by atoms with Crippen molar-refractivity contribution in [2.75, 3.05) is 0 Å². The minimum Gasteiger partial charge on any atom is -0.508 e. The highest BCUT2D eigenvalue weighted by atomic mass is 32.2. The Morgan fingerprint density at radius 2 is 1.88 bits per heavy atom. The zero-order valence-electron chi connectivity index (χ0n) is 12.5. The van der Waals surface area contributed by atoms with Gasteiger partial charge in [0.25, 0.3) is 11.6 Å². The van der Waals surface area contributed by atoms with E-state index in [4.69, 9.17) is 0 Å². The maximum Gasteiger partial charge on any atom is 0.269 e. The molecule has 0 radical (unpaired) electrons. The van der Waals surface area contributed by atoms with Gasteiger partial charge in [0.15, 0.2) is 5.17 Å². The summed E-state index contributed by atoms with van der Waals surface area (Å²) >= 11 is 1.07. The van der Waals surface area contributed by atoms with Crippen LogP contribution in [0, 0.1) is 10.1 Å². The van der Waals surface area contributed by atoms with Crippen molar-refractivity contribution < 1.29 is 19.9 Å². The monoisotopic (exact) mass is 357 g/mol. The largest absolute Gasteiger partial charge is 0.508 e. The van der Waals surface area contributed by atoms with Crippen molar-refractivity contribution in [3.63, 3.8) is 0 Å². The maximum atomic E-state index is 12.0. The molecule has 0 aromatic heterocycles. The van der Waals surface area contributed by atoms with Crippen LogP contribution in [0.15, 0.2) is 52.4 Å². The van der Waals surface area contributed by atoms with E-state index in [9.17, 15) is 25.1 Å². The molecule has 1 amide bonds. The number of nitrogens with one attached hydrogen (secondary N) is 1. The predicted molar refractivity (Wildman–Crippen MR) is 93.7 cm³/mol. The third kappa shape index (κ3) is 3.78. The fraction of sp³-hybridized carbons (Fsp3) is 0. The molecule has 1 aliphatic rings. The normalized spacial score (nSPS) is 17.0. The summed E-state index contributed by atoms with van der Waals surface area (Å²) in [5.74, 6) is -0.608. The molecular weight excluding hydrogens is 346 g/mol. The minimum atomic E-state index is -0.506. The smallest absolute Gasteiger partial charge is 0.269 e. The first-order valence-electron chi connectivity index (χ1n) is 6.98. The van der Waals surface area contributed by atoms with E-state index < -0.39 is 4.92 Å². The first-order chi connectivity index (χ1) is 11.9. The molecule has 9 heteroatoms. The van der Waals surface area contributed by atoms with E-state index in [1.54, 1.807) is 0 Å². The summed E-state index contributed by atoms with van der Waals surface area (Å²) in [4.78, 5) is 26.7. The van der Waals surface area contributed by atoms with Gasteiger partial charge < -0.3 is 15.5 Å². The summed E-state index contributed by atoms with van der Waals surface area (Å²) in [5.41, 5.74) is 0.796. The highest BCUT2D eigenvalue weighted by molar-refractivity contribution is 8.18. The van der Waals surface area contributed by atoms with Crippen LogP contribution in [-0.2, 0) is 4.79 Å². The number of carbonyl (C=O) groups is 1. The average Bonchev–Trinajstić information content (AvgIpc) is 2.90. The van der Waals surface area contributed by atoms with Crippen LogP contribution in [0.4, 0.5) is 11.4 Å². The molecule has 0 atom stereocenters. The van der Waals surface area contributed by atoms with Crippen molar-refractivity contribution in [2.24, 2.45) is 4.99 Å². The van der Waals surface area contributed by atoms with Crippen LogP contribution in [0.3, 0.4) is 0 Å². The van der Waals surface area contributed by atoms with E-state index in [-0.39, 0.29) is 23.1 Å². The van der Waals surface area contributed by atoms with Gasteiger partial charge in [-0.3, -0.25) is 14.9 Å². The number of hydrogen-bond donors (Lipinski definition) is 3. The van der Waals surface area contributed by atoms with E-state index in [0.717, 1.165) is 11.8 Å². The van der Waals surface area contributed by atoms with Crippen LogP contribution in [0.2, 0.25) is 0 Å². The Hall–Kier alpha value is -3.33. The van der Waals surface area contributed by atoms with Crippen LogP contribution in [0.25, 0.3) is 6.08 Å². The molecule has 1 saturated heterocycles. The van der Waals surface area contributed by atoms with Crippen LogP contribution in [0.5, 0.6) is 11.5 Å². The number of hydrogen-bond acceptors (Lipinski definition) is 7. The second kappa shape index (κ2) is 6.65. The van der Waals surface area contributed by atoms with Gasteiger partial charge in [0.05, 0.1) is 15.5 Å². The summed E-state index contributed by atoms with van der Waals surface area (Å²) in [6, 6.07) is 9.66. The molecule has 1 aliphatic heterocycles. The number of amidine groups is 1. The van der Waals surface area contributed by atoms with E-state index in [2.05, 4.69) is 10.3 Å². The number of phenolic OH excluding ortho intramolecular Hbond substituents is 2. The molecule has 8 nitrogen and oxygen atoms in total. The molecule has 1 fully saturated rings. The molecule has 3 rings (SSSR count). The maximum absolute atomic E-state index is 12.0. The molecule has 0 spiro atoms. The molecule has 25 heavy (non-hydrogen) atoms. The lowest BCUT2D eigenvalue weighted by atomic mass is 10.2. The molecule has 126 valence electrons. The standard InChI is InChI=1S/C16H11N3O5S/c20-12-6-1-9(13(21)8-12)7-14-15(22)18-16(25-14)17-10-2-4-11(5-3-10)19(23)24/h1-8,20-21H,(H,17,18,22)/b14-7-.